The van der Waals surface area contributed by atoms with Crippen LogP contribution in [-0.2, 0) is 0 Å². The third kappa shape index (κ3) is 1.50. The molecule has 0 saturated heterocycles. The third-order valence-electron chi connectivity index (χ3n) is 3.21. The minimum atomic E-state index is 0.812. The van der Waals surface area contributed by atoms with Gasteiger partial charge in [0.1, 0.15) is 5.52 Å². The van der Waals surface area contributed by atoms with Gasteiger partial charge in [0, 0.05) is 11.6 Å². The van der Waals surface area contributed by atoms with Gasteiger partial charge in [0.2, 0.25) is 0 Å². The maximum Gasteiger partial charge on any atom is 0.163 e. The summed E-state index contributed by atoms with van der Waals surface area (Å²) in [5.74, 6) is 0.812. The molecule has 0 aliphatic heterocycles. The molecule has 0 spiro atoms. The molecular formula is C15H10N4. The van der Waals surface area contributed by atoms with Crippen molar-refractivity contribution >= 4 is 21.8 Å². The zero-order chi connectivity index (χ0) is 12.7. The predicted octanol–water partition coefficient (Wildman–Crippen LogP) is 2.97. The molecule has 0 atom stereocenters. The van der Waals surface area contributed by atoms with Crippen molar-refractivity contribution in [3.63, 3.8) is 0 Å². The third-order valence-corrected chi connectivity index (χ3v) is 3.21. The number of benzene rings is 2. The molecule has 4 aromatic rings. The molecule has 0 N–H and O–H groups in total. The summed E-state index contributed by atoms with van der Waals surface area (Å²) in [5.41, 5.74) is 1.84. The van der Waals surface area contributed by atoms with E-state index in [1.54, 1.807) is 10.9 Å². The highest BCUT2D eigenvalue weighted by atomic mass is 15.4. The molecule has 0 aliphatic rings. The zero-order valence-corrected chi connectivity index (χ0v) is 10.1. The summed E-state index contributed by atoms with van der Waals surface area (Å²) in [6, 6.07) is 18.0. The fraction of sp³-hybridized carbons (Fsp3) is 0. The summed E-state index contributed by atoms with van der Waals surface area (Å²) in [7, 11) is 0. The van der Waals surface area contributed by atoms with Gasteiger partial charge in [-0.05, 0) is 23.6 Å². The quantitative estimate of drug-likeness (QED) is 0.518. The van der Waals surface area contributed by atoms with Gasteiger partial charge < -0.3 is 0 Å². The molecule has 0 aliphatic carbocycles. The Morgan fingerprint density at radius 3 is 2.68 bits per heavy atom. The molecule has 4 heteroatoms. The smallest absolute Gasteiger partial charge is 0.163 e. The Bertz CT molecular complexity index is 874. The highest BCUT2D eigenvalue weighted by Crippen LogP contribution is 2.22. The van der Waals surface area contributed by atoms with Crippen LogP contribution in [0.15, 0.2) is 60.8 Å². The van der Waals surface area contributed by atoms with Gasteiger partial charge in [0.15, 0.2) is 5.82 Å². The maximum absolute atomic E-state index is 4.46. The molecular weight excluding hydrogens is 236 g/mol. The van der Waals surface area contributed by atoms with Crippen LogP contribution in [0, 0.1) is 0 Å². The fourth-order valence-electron chi connectivity index (χ4n) is 2.30. The second-order valence-corrected chi connectivity index (χ2v) is 4.35. The molecule has 0 amide bonds. The molecule has 19 heavy (non-hydrogen) atoms. The Morgan fingerprint density at radius 2 is 1.68 bits per heavy atom. The second-order valence-electron chi connectivity index (χ2n) is 4.35. The standard InChI is InChI=1S/C15H10N4/c1-2-6-12-11(5-1)9-10-16-15(12)19-14-8-4-3-7-13(14)17-18-19/h1-10H. The van der Waals surface area contributed by atoms with Crippen LogP contribution in [0.3, 0.4) is 0 Å². The second kappa shape index (κ2) is 3.88. The zero-order valence-electron chi connectivity index (χ0n) is 10.1. The van der Waals surface area contributed by atoms with Gasteiger partial charge in [-0.1, -0.05) is 41.6 Å². The largest absolute Gasteiger partial charge is 0.236 e. The molecule has 90 valence electrons. The lowest BCUT2D eigenvalue weighted by atomic mass is 10.1. The van der Waals surface area contributed by atoms with E-state index in [1.165, 1.54) is 0 Å². The van der Waals surface area contributed by atoms with Crippen molar-refractivity contribution in [3.05, 3.63) is 60.8 Å². The number of hydrogen-bond donors (Lipinski definition) is 0. The van der Waals surface area contributed by atoms with E-state index in [0.29, 0.717) is 0 Å². The number of fused-ring (bicyclic) bond motifs is 2. The predicted molar refractivity (Wildman–Crippen MR) is 74.2 cm³/mol. The number of nitrogens with zero attached hydrogens (tertiary/aromatic N) is 4. The molecule has 0 unspecified atom stereocenters. The first-order chi connectivity index (χ1) is 9.43. The first kappa shape index (κ1) is 10.2. The van der Waals surface area contributed by atoms with Crippen LogP contribution < -0.4 is 0 Å². The van der Waals surface area contributed by atoms with Crippen LogP contribution in [0.4, 0.5) is 0 Å². The van der Waals surface area contributed by atoms with Gasteiger partial charge in [-0.15, -0.1) is 5.10 Å². The highest BCUT2D eigenvalue weighted by molar-refractivity contribution is 5.90. The first-order valence-corrected chi connectivity index (χ1v) is 6.08. The van der Waals surface area contributed by atoms with E-state index in [2.05, 4.69) is 21.4 Å². The normalized spacial score (nSPS) is 11.2. The summed E-state index contributed by atoms with van der Waals surface area (Å²) < 4.78 is 1.79. The van der Waals surface area contributed by atoms with Gasteiger partial charge in [0.05, 0.1) is 5.52 Å². The van der Waals surface area contributed by atoms with Gasteiger partial charge in [-0.3, -0.25) is 0 Å². The lowest BCUT2D eigenvalue weighted by Gasteiger charge is -2.05. The molecule has 2 heterocycles. The van der Waals surface area contributed by atoms with Crippen molar-refractivity contribution in [2.75, 3.05) is 0 Å². The lowest BCUT2D eigenvalue weighted by Crippen LogP contribution is -2.00. The van der Waals surface area contributed by atoms with Crippen LogP contribution in [0.25, 0.3) is 27.6 Å². The van der Waals surface area contributed by atoms with Crippen LogP contribution >= 0.6 is 0 Å². The van der Waals surface area contributed by atoms with E-state index >= 15 is 0 Å². The summed E-state index contributed by atoms with van der Waals surface area (Å²) in [5, 5.41) is 10.6. The fourth-order valence-corrected chi connectivity index (χ4v) is 2.30. The van der Waals surface area contributed by atoms with Gasteiger partial charge in [0.25, 0.3) is 0 Å². The first-order valence-electron chi connectivity index (χ1n) is 6.08. The minimum Gasteiger partial charge on any atom is -0.236 e. The van der Waals surface area contributed by atoms with Gasteiger partial charge in [-0.25, -0.2) is 4.98 Å². The van der Waals surface area contributed by atoms with Crippen LogP contribution in [0.5, 0.6) is 0 Å². The molecule has 4 nitrogen and oxygen atoms in total. The number of aromatic nitrogens is 4. The van der Waals surface area contributed by atoms with Crippen LogP contribution in [0.1, 0.15) is 0 Å². The van der Waals surface area contributed by atoms with E-state index in [0.717, 1.165) is 27.6 Å². The van der Waals surface area contributed by atoms with E-state index in [1.807, 2.05) is 48.5 Å². The number of pyridine rings is 1. The van der Waals surface area contributed by atoms with Crippen molar-refractivity contribution in [2.24, 2.45) is 0 Å². The van der Waals surface area contributed by atoms with E-state index in [4.69, 9.17) is 0 Å². The summed E-state index contributed by atoms with van der Waals surface area (Å²) >= 11 is 0. The molecule has 0 saturated carbocycles. The molecule has 0 bridgehead atoms. The number of hydrogen-bond acceptors (Lipinski definition) is 3. The Labute approximate surface area is 109 Å². The van der Waals surface area contributed by atoms with Crippen LogP contribution in [-0.4, -0.2) is 20.0 Å². The number of rotatable bonds is 1. The molecule has 2 aromatic carbocycles. The van der Waals surface area contributed by atoms with Crippen molar-refractivity contribution in [2.45, 2.75) is 0 Å². The van der Waals surface area contributed by atoms with Crippen molar-refractivity contribution in [3.8, 4) is 5.82 Å². The molecule has 4 rings (SSSR count). The highest BCUT2D eigenvalue weighted by Gasteiger charge is 2.09. The van der Waals surface area contributed by atoms with Crippen molar-refractivity contribution in [1.82, 2.24) is 20.0 Å². The Hall–Kier alpha value is -2.75. The minimum absolute atomic E-state index is 0.812. The van der Waals surface area contributed by atoms with Crippen LogP contribution in [0.2, 0.25) is 0 Å². The SMILES string of the molecule is c1ccc2c(-n3nnc4ccccc43)nccc2c1. The van der Waals surface area contributed by atoms with E-state index < -0.39 is 0 Å². The van der Waals surface area contributed by atoms with Crippen molar-refractivity contribution < 1.29 is 0 Å². The average molecular weight is 246 g/mol. The van der Waals surface area contributed by atoms with Gasteiger partial charge >= 0.3 is 0 Å². The molecule has 0 fully saturated rings. The summed E-state index contributed by atoms with van der Waals surface area (Å²) in [4.78, 5) is 4.46. The van der Waals surface area contributed by atoms with Crippen molar-refractivity contribution in [1.29, 1.82) is 0 Å². The average Bonchev–Trinajstić information content (AvgIpc) is 2.90. The Morgan fingerprint density at radius 1 is 0.842 bits per heavy atom. The van der Waals surface area contributed by atoms with Gasteiger partial charge in [-0.2, -0.15) is 4.68 Å². The summed E-state index contributed by atoms with van der Waals surface area (Å²) in [6.45, 7) is 0. The Balaban J connectivity index is 2.10. The topological polar surface area (TPSA) is 43.6 Å². The van der Waals surface area contributed by atoms with E-state index in [-0.39, 0.29) is 0 Å². The number of para-hydroxylation sites is 1. The summed E-state index contributed by atoms with van der Waals surface area (Å²) in [6.07, 6.45) is 1.80. The Kier molecular flexibility index (Phi) is 2.08. The molecule has 0 radical (unpaired) electrons. The maximum atomic E-state index is 4.46. The monoisotopic (exact) mass is 246 g/mol. The lowest BCUT2D eigenvalue weighted by molar-refractivity contribution is 0.808. The van der Waals surface area contributed by atoms with E-state index in [9.17, 15) is 0 Å². The molecule has 2 aromatic heterocycles.